The molecule has 1 aliphatic heterocycles. The molecule has 0 aliphatic carbocycles. The fourth-order valence-electron chi connectivity index (χ4n) is 2.44. The number of thiazole rings is 1. The van der Waals surface area contributed by atoms with Crippen LogP contribution in [0.3, 0.4) is 0 Å². The van der Waals surface area contributed by atoms with Crippen molar-refractivity contribution in [1.82, 2.24) is 9.88 Å². The van der Waals surface area contributed by atoms with Gasteiger partial charge in [-0.2, -0.15) is 0 Å². The van der Waals surface area contributed by atoms with E-state index in [9.17, 15) is 0 Å². The van der Waals surface area contributed by atoms with Crippen molar-refractivity contribution in [1.29, 1.82) is 0 Å². The van der Waals surface area contributed by atoms with Crippen LogP contribution in [0, 0.1) is 0 Å². The summed E-state index contributed by atoms with van der Waals surface area (Å²) in [6.07, 6.45) is 1.10. The van der Waals surface area contributed by atoms with Crippen LogP contribution in [0.15, 0.2) is 30.3 Å². The van der Waals surface area contributed by atoms with Gasteiger partial charge in [-0.3, -0.25) is 4.90 Å². The first kappa shape index (κ1) is 12.8. The van der Waals surface area contributed by atoms with Crippen molar-refractivity contribution in [2.75, 3.05) is 6.54 Å². The number of rotatable bonds is 3. The van der Waals surface area contributed by atoms with Crippen molar-refractivity contribution in [3.05, 3.63) is 51.5 Å². The van der Waals surface area contributed by atoms with Crippen LogP contribution < -0.4 is 5.73 Å². The maximum atomic E-state index is 5.92. The van der Waals surface area contributed by atoms with E-state index in [1.54, 1.807) is 11.3 Å². The van der Waals surface area contributed by atoms with E-state index in [1.807, 2.05) is 6.92 Å². The normalized spacial score (nSPS) is 17.2. The van der Waals surface area contributed by atoms with Crippen LogP contribution in [0.2, 0.25) is 0 Å². The molecular weight excluding hydrogens is 254 g/mol. The molecular formula is C15H19N3S. The third-order valence-electron chi connectivity index (χ3n) is 3.46. The lowest BCUT2D eigenvalue weighted by Crippen LogP contribution is -2.29. The van der Waals surface area contributed by atoms with Gasteiger partial charge in [0.15, 0.2) is 0 Å². The van der Waals surface area contributed by atoms with Gasteiger partial charge in [0.25, 0.3) is 0 Å². The Morgan fingerprint density at radius 3 is 2.89 bits per heavy atom. The molecule has 2 heterocycles. The second kappa shape index (κ2) is 5.41. The summed E-state index contributed by atoms with van der Waals surface area (Å²) >= 11 is 1.79. The predicted octanol–water partition coefficient (Wildman–Crippen LogP) is 2.72. The number of nitrogens with two attached hydrogens (primary N) is 1. The van der Waals surface area contributed by atoms with Crippen LogP contribution in [0.1, 0.15) is 34.1 Å². The SMILES string of the molecule is CC(N)c1nc2c(s1)CCN(Cc1ccccc1)C2. The van der Waals surface area contributed by atoms with E-state index in [2.05, 4.69) is 35.2 Å². The summed E-state index contributed by atoms with van der Waals surface area (Å²) < 4.78 is 0. The van der Waals surface area contributed by atoms with E-state index in [-0.39, 0.29) is 6.04 Å². The first-order valence-electron chi connectivity index (χ1n) is 6.72. The molecule has 4 heteroatoms. The average Bonchev–Trinajstić information content (AvgIpc) is 2.83. The molecule has 3 rings (SSSR count). The maximum absolute atomic E-state index is 5.92. The van der Waals surface area contributed by atoms with Gasteiger partial charge in [0, 0.05) is 24.5 Å². The van der Waals surface area contributed by atoms with Gasteiger partial charge in [0.05, 0.1) is 11.7 Å². The van der Waals surface area contributed by atoms with Crippen LogP contribution in [-0.4, -0.2) is 16.4 Å². The van der Waals surface area contributed by atoms with Crippen LogP contribution in [0.4, 0.5) is 0 Å². The lowest BCUT2D eigenvalue weighted by molar-refractivity contribution is 0.243. The van der Waals surface area contributed by atoms with E-state index < -0.39 is 0 Å². The molecule has 1 aromatic carbocycles. The van der Waals surface area contributed by atoms with Gasteiger partial charge in [-0.1, -0.05) is 30.3 Å². The fraction of sp³-hybridized carbons (Fsp3) is 0.400. The van der Waals surface area contributed by atoms with E-state index in [0.717, 1.165) is 31.1 Å². The zero-order valence-corrected chi connectivity index (χ0v) is 12.0. The lowest BCUT2D eigenvalue weighted by atomic mass is 10.1. The zero-order chi connectivity index (χ0) is 13.2. The van der Waals surface area contributed by atoms with E-state index in [1.165, 1.54) is 16.1 Å². The maximum Gasteiger partial charge on any atom is 0.110 e. The molecule has 0 radical (unpaired) electrons. The van der Waals surface area contributed by atoms with Crippen molar-refractivity contribution in [2.24, 2.45) is 5.73 Å². The molecule has 19 heavy (non-hydrogen) atoms. The first-order valence-corrected chi connectivity index (χ1v) is 7.54. The topological polar surface area (TPSA) is 42.1 Å². The molecule has 1 aromatic heterocycles. The summed E-state index contributed by atoms with van der Waals surface area (Å²) in [5.74, 6) is 0. The Morgan fingerprint density at radius 1 is 1.37 bits per heavy atom. The van der Waals surface area contributed by atoms with Crippen molar-refractivity contribution < 1.29 is 0 Å². The molecule has 2 aromatic rings. The highest BCUT2D eigenvalue weighted by Crippen LogP contribution is 2.28. The quantitative estimate of drug-likeness (QED) is 0.935. The molecule has 0 saturated heterocycles. The summed E-state index contributed by atoms with van der Waals surface area (Å²) in [5, 5.41) is 1.08. The summed E-state index contributed by atoms with van der Waals surface area (Å²) in [5.41, 5.74) is 8.52. The van der Waals surface area contributed by atoms with E-state index in [4.69, 9.17) is 10.7 Å². The van der Waals surface area contributed by atoms with E-state index >= 15 is 0 Å². The molecule has 2 N–H and O–H groups in total. The predicted molar refractivity (Wildman–Crippen MR) is 79.0 cm³/mol. The molecule has 1 aliphatic rings. The molecule has 0 saturated carbocycles. The minimum Gasteiger partial charge on any atom is -0.322 e. The molecule has 3 nitrogen and oxygen atoms in total. The van der Waals surface area contributed by atoms with E-state index in [0.29, 0.717) is 0 Å². The lowest BCUT2D eigenvalue weighted by Gasteiger charge is -2.25. The van der Waals surface area contributed by atoms with Crippen LogP contribution in [-0.2, 0) is 19.5 Å². The Hall–Kier alpha value is -1.23. The standard InChI is InChI=1S/C15H19N3S/c1-11(16)15-17-13-10-18(8-7-14(13)19-15)9-12-5-3-2-4-6-12/h2-6,11H,7-10,16H2,1H3. The van der Waals surface area contributed by atoms with Gasteiger partial charge < -0.3 is 5.73 Å². The summed E-state index contributed by atoms with van der Waals surface area (Å²) in [7, 11) is 0. The smallest absolute Gasteiger partial charge is 0.110 e. The van der Waals surface area contributed by atoms with Crippen LogP contribution in [0.5, 0.6) is 0 Å². The number of hydrogen-bond acceptors (Lipinski definition) is 4. The molecule has 1 unspecified atom stereocenters. The van der Waals surface area contributed by atoms with Crippen molar-refractivity contribution in [3.63, 3.8) is 0 Å². The monoisotopic (exact) mass is 273 g/mol. The Morgan fingerprint density at radius 2 is 2.16 bits per heavy atom. The summed E-state index contributed by atoms with van der Waals surface area (Å²) in [6, 6.07) is 10.7. The molecule has 1 atom stereocenters. The second-order valence-electron chi connectivity index (χ2n) is 5.16. The van der Waals surface area contributed by atoms with Gasteiger partial charge in [-0.05, 0) is 18.9 Å². The van der Waals surface area contributed by atoms with Crippen molar-refractivity contribution >= 4 is 11.3 Å². The summed E-state index contributed by atoms with van der Waals surface area (Å²) in [4.78, 5) is 8.58. The Kier molecular flexibility index (Phi) is 3.64. The summed E-state index contributed by atoms with van der Waals surface area (Å²) in [6.45, 7) is 5.08. The number of benzene rings is 1. The van der Waals surface area contributed by atoms with Gasteiger partial charge in [-0.15, -0.1) is 11.3 Å². The van der Waals surface area contributed by atoms with Gasteiger partial charge >= 0.3 is 0 Å². The third-order valence-corrected chi connectivity index (χ3v) is 4.82. The highest BCUT2D eigenvalue weighted by Gasteiger charge is 2.21. The highest BCUT2D eigenvalue weighted by molar-refractivity contribution is 7.11. The molecule has 0 amide bonds. The Balaban J connectivity index is 1.71. The number of fused-ring (bicyclic) bond motifs is 1. The third kappa shape index (κ3) is 2.86. The average molecular weight is 273 g/mol. The number of aromatic nitrogens is 1. The van der Waals surface area contributed by atoms with Gasteiger partial charge in [-0.25, -0.2) is 4.98 Å². The molecule has 0 bridgehead atoms. The van der Waals surface area contributed by atoms with Gasteiger partial charge in [0.1, 0.15) is 5.01 Å². The zero-order valence-electron chi connectivity index (χ0n) is 11.2. The minimum absolute atomic E-state index is 0.0539. The van der Waals surface area contributed by atoms with Crippen molar-refractivity contribution in [2.45, 2.75) is 32.5 Å². The molecule has 0 spiro atoms. The second-order valence-corrected chi connectivity index (χ2v) is 6.27. The van der Waals surface area contributed by atoms with Crippen LogP contribution in [0.25, 0.3) is 0 Å². The number of hydrogen-bond donors (Lipinski definition) is 1. The Bertz CT molecular complexity index is 548. The van der Waals surface area contributed by atoms with Gasteiger partial charge in [0.2, 0.25) is 0 Å². The largest absolute Gasteiger partial charge is 0.322 e. The Labute approximate surface area is 118 Å². The van der Waals surface area contributed by atoms with Crippen LogP contribution >= 0.6 is 11.3 Å². The molecule has 0 fully saturated rings. The first-order chi connectivity index (χ1) is 9.22. The van der Waals surface area contributed by atoms with Crippen molar-refractivity contribution in [3.8, 4) is 0 Å². The fourth-order valence-corrected chi connectivity index (χ4v) is 3.46. The number of nitrogens with zero attached hydrogens (tertiary/aromatic N) is 2. The highest BCUT2D eigenvalue weighted by atomic mass is 32.1. The minimum atomic E-state index is 0.0539. The molecule has 100 valence electrons.